The number of hydrogen-bond acceptors (Lipinski definition) is 2. The number of rotatable bonds is 5. The molecule has 0 saturated carbocycles. The molecule has 0 spiro atoms. The maximum Gasteiger partial charge on any atom is 0.258 e. The van der Waals surface area contributed by atoms with Gasteiger partial charge >= 0.3 is 0 Å². The van der Waals surface area contributed by atoms with Gasteiger partial charge in [0.1, 0.15) is 12.4 Å². The molecule has 0 radical (unpaired) electrons. The predicted octanol–water partition coefficient (Wildman–Crippen LogP) is 5.48. The fourth-order valence-electron chi connectivity index (χ4n) is 3.44. The van der Waals surface area contributed by atoms with E-state index in [9.17, 15) is 4.79 Å². The van der Waals surface area contributed by atoms with Crippen LogP contribution in [0.4, 0.5) is 5.69 Å². The van der Waals surface area contributed by atoms with Crippen molar-refractivity contribution in [3.05, 3.63) is 95.1 Å². The Balaban J connectivity index is 1.51. The first kappa shape index (κ1) is 18.1. The van der Waals surface area contributed by atoms with Gasteiger partial charge in [0.25, 0.3) is 5.91 Å². The molecule has 1 aliphatic heterocycles. The highest BCUT2D eigenvalue weighted by Gasteiger charge is 2.30. The standard InChI is InChI=1S/C25H23NO2/c1-3-26-24-7-5-4-6-22(24)23(25(26)27)16-19-12-14-21(15-13-19)28-17-20-10-8-18(2)9-11-20/h4-16H,3,17H2,1-2H3/b23-16-. The monoisotopic (exact) mass is 369 g/mol. The van der Waals surface area contributed by atoms with Crippen molar-refractivity contribution in [3.8, 4) is 5.75 Å². The number of carbonyl (C=O) groups is 1. The number of carbonyl (C=O) groups excluding carboxylic acids is 1. The summed E-state index contributed by atoms with van der Waals surface area (Å²) in [5.41, 5.74) is 6.09. The molecule has 0 atom stereocenters. The van der Waals surface area contributed by atoms with E-state index in [0.29, 0.717) is 13.2 Å². The highest BCUT2D eigenvalue weighted by molar-refractivity contribution is 6.35. The first-order valence-electron chi connectivity index (χ1n) is 9.57. The van der Waals surface area contributed by atoms with Crippen molar-refractivity contribution in [2.45, 2.75) is 20.5 Å². The van der Waals surface area contributed by atoms with Crippen molar-refractivity contribution < 1.29 is 9.53 Å². The second-order valence-corrected chi connectivity index (χ2v) is 6.97. The number of fused-ring (bicyclic) bond motifs is 1. The molecule has 140 valence electrons. The molecule has 3 aromatic rings. The molecule has 0 N–H and O–H groups in total. The smallest absolute Gasteiger partial charge is 0.258 e. The Labute approximate surface area is 165 Å². The summed E-state index contributed by atoms with van der Waals surface area (Å²) in [7, 11) is 0. The van der Waals surface area contributed by atoms with E-state index < -0.39 is 0 Å². The average molecular weight is 369 g/mol. The molecule has 3 heteroatoms. The van der Waals surface area contributed by atoms with Gasteiger partial charge in [0.15, 0.2) is 0 Å². The third-order valence-corrected chi connectivity index (χ3v) is 4.99. The summed E-state index contributed by atoms with van der Waals surface area (Å²) in [6, 6.07) is 24.2. The number of nitrogens with zero attached hydrogens (tertiary/aromatic N) is 1. The molecule has 0 aliphatic carbocycles. The zero-order valence-electron chi connectivity index (χ0n) is 16.2. The van der Waals surface area contributed by atoms with Gasteiger partial charge in [-0.15, -0.1) is 0 Å². The second-order valence-electron chi connectivity index (χ2n) is 6.97. The highest BCUT2D eigenvalue weighted by Crippen LogP contribution is 2.37. The zero-order chi connectivity index (χ0) is 19.5. The topological polar surface area (TPSA) is 29.5 Å². The highest BCUT2D eigenvalue weighted by atomic mass is 16.5. The Bertz CT molecular complexity index is 1020. The molecule has 3 aromatic carbocycles. The maximum absolute atomic E-state index is 12.8. The van der Waals surface area contributed by atoms with Gasteiger partial charge in [0.2, 0.25) is 0 Å². The van der Waals surface area contributed by atoms with E-state index in [1.165, 1.54) is 5.56 Å². The quantitative estimate of drug-likeness (QED) is 0.557. The second kappa shape index (κ2) is 7.73. The third-order valence-electron chi connectivity index (χ3n) is 4.99. The van der Waals surface area contributed by atoms with E-state index in [4.69, 9.17) is 4.74 Å². The third kappa shape index (κ3) is 3.56. The molecule has 0 unspecified atom stereocenters. The van der Waals surface area contributed by atoms with Gasteiger partial charge in [-0.1, -0.05) is 60.2 Å². The average Bonchev–Trinajstić information content (AvgIpc) is 2.99. The van der Waals surface area contributed by atoms with Crippen molar-refractivity contribution in [1.29, 1.82) is 0 Å². The van der Waals surface area contributed by atoms with Gasteiger partial charge in [0, 0.05) is 17.7 Å². The van der Waals surface area contributed by atoms with Crippen LogP contribution >= 0.6 is 0 Å². The first-order valence-corrected chi connectivity index (χ1v) is 9.57. The van der Waals surface area contributed by atoms with Crippen LogP contribution < -0.4 is 9.64 Å². The number of ether oxygens (including phenoxy) is 1. The van der Waals surface area contributed by atoms with Crippen LogP contribution in [0.2, 0.25) is 0 Å². The first-order chi connectivity index (χ1) is 13.7. The number of likely N-dealkylation sites (N-methyl/N-ethyl adjacent to an activating group) is 1. The van der Waals surface area contributed by atoms with Crippen LogP contribution in [0, 0.1) is 6.92 Å². The molecule has 1 heterocycles. The van der Waals surface area contributed by atoms with Gasteiger partial charge in [-0.05, 0) is 49.2 Å². The summed E-state index contributed by atoms with van der Waals surface area (Å²) in [5, 5.41) is 0. The molecular weight excluding hydrogens is 346 g/mol. The van der Waals surface area contributed by atoms with Gasteiger partial charge in [0.05, 0.1) is 5.69 Å². The Kier molecular flexibility index (Phi) is 4.98. The summed E-state index contributed by atoms with van der Waals surface area (Å²) in [4.78, 5) is 14.6. The number of anilines is 1. The van der Waals surface area contributed by atoms with E-state index >= 15 is 0 Å². The van der Waals surface area contributed by atoms with Crippen LogP contribution in [0.15, 0.2) is 72.8 Å². The number of hydrogen-bond donors (Lipinski definition) is 0. The summed E-state index contributed by atoms with van der Waals surface area (Å²) in [6.07, 6.45) is 1.96. The van der Waals surface area contributed by atoms with Crippen LogP contribution in [-0.4, -0.2) is 12.5 Å². The molecule has 4 rings (SSSR count). The van der Waals surface area contributed by atoms with Gasteiger partial charge < -0.3 is 9.64 Å². The SMILES string of the molecule is CCN1C(=O)/C(=C\c2ccc(OCc3ccc(C)cc3)cc2)c2ccccc21. The number of benzene rings is 3. The molecule has 28 heavy (non-hydrogen) atoms. The summed E-state index contributed by atoms with van der Waals surface area (Å²) in [6.45, 7) is 5.28. The van der Waals surface area contributed by atoms with E-state index in [1.54, 1.807) is 0 Å². The van der Waals surface area contributed by atoms with Gasteiger partial charge in [-0.2, -0.15) is 0 Å². The lowest BCUT2D eigenvalue weighted by molar-refractivity contribution is -0.112. The molecule has 3 nitrogen and oxygen atoms in total. The molecule has 0 fully saturated rings. The molecule has 0 saturated heterocycles. The Morgan fingerprint density at radius 1 is 0.929 bits per heavy atom. The molecule has 0 aromatic heterocycles. The summed E-state index contributed by atoms with van der Waals surface area (Å²) in [5.74, 6) is 0.874. The van der Waals surface area contributed by atoms with E-state index in [1.807, 2.05) is 66.4 Å². The fourth-order valence-corrected chi connectivity index (χ4v) is 3.44. The summed E-state index contributed by atoms with van der Waals surface area (Å²) >= 11 is 0. The van der Waals surface area contributed by atoms with Crippen molar-refractivity contribution in [1.82, 2.24) is 0 Å². The lowest BCUT2D eigenvalue weighted by Crippen LogP contribution is -2.25. The minimum atomic E-state index is 0.0587. The predicted molar refractivity (Wildman–Crippen MR) is 114 cm³/mol. The minimum absolute atomic E-state index is 0.0587. The van der Waals surface area contributed by atoms with Gasteiger partial charge in [-0.25, -0.2) is 0 Å². The number of aryl methyl sites for hydroxylation is 1. The number of amides is 1. The van der Waals surface area contributed by atoms with Crippen LogP contribution in [0.5, 0.6) is 5.75 Å². The Hall–Kier alpha value is -3.33. The van der Waals surface area contributed by atoms with Crippen LogP contribution in [0.1, 0.15) is 29.2 Å². The van der Waals surface area contributed by atoms with Crippen molar-refractivity contribution in [2.24, 2.45) is 0 Å². The van der Waals surface area contributed by atoms with Crippen molar-refractivity contribution in [3.63, 3.8) is 0 Å². The van der Waals surface area contributed by atoms with Crippen LogP contribution in [-0.2, 0) is 11.4 Å². The molecule has 1 aliphatic rings. The van der Waals surface area contributed by atoms with Crippen LogP contribution in [0.25, 0.3) is 11.6 Å². The zero-order valence-corrected chi connectivity index (χ0v) is 16.2. The van der Waals surface area contributed by atoms with E-state index in [-0.39, 0.29) is 5.91 Å². The summed E-state index contributed by atoms with van der Waals surface area (Å²) < 4.78 is 5.87. The van der Waals surface area contributed by atoms with E-state index in [2.05, 4.69) is 31.2 Å². The largest absolute Gasteiger partial charge is 0.489 e. The number of para-hydroxylation sites is 1. The molecule has 0 bridgehead atoms. The van der Waals surface area contributed by atoms with Crippen LogP contribution in [0.3, 0.4) is 0 Å². The van der Waals surface area contributed by atoms with E-state index in [0.717, 1.165) is 33.7 Å². The maximum atomic E-state index is 12.8. The lowest BCUT2D eigenvalue weighted by atomic mass is 10.0. The molecule has 1 amide bonds. The lowest BCUT2D eigenvalue weighted by Gasteiger charge is -2.13. The Morgan fingerprint density at radius 3 is 2.36 bits per heavy atom. The van der Waals surface area contributed by atoms with Crippen molar-refractivity contribution >= 4 is 23.2 Å². The van der Waals surface area contributed by atoms with Crippen molar-refractivity contribution in [2.75, 3.05) is 11.4 Å². The minimum Gasteiger partial charge on any atom is -0.489 e. The molecular formula is C25H23NO2. The van der Waals surface area contributed by atoms with Gasteiger partial charge in [-0.3, -0.25) is 4.79 Å². The fraction of sp³-hybridized carbons (Fsp3) is 0.160. The normalized spacial score (nSPS) is 14.4. The Morgan fingerprint density at radius 2 is 1.64 bits per heavy atom.